The Balaban J connectivity index is 2.28. The Morgan fingerprint density at radius 3 is 2.70 bits per heavy atom. The number of nitrogens with two attached hydrogens (primary N) is 1. The van der Waals surface area contributed by atoms with E-state index in [1.165, 1.54) is 7.11 Å². The number of hydrogen-bond donors (Lipinski definition) is 2. The van der Waals surface area contributed by atoms with Crippen LogP contribution in [0.1, 0.15) is 15.9 Å². The molecule has 2 rings (SSSR count). The molecule has 104 valence electrons. The van der Waals surface area contributed by atoms with Gasteiger partial charge in [-0.2, -0.15) is 0 Å². The van der Waals surface area contributed by atoms with Gasteiger partial charge in [0.25, 0.3) is 5.91 Å². The molecule has 0 aliphatic heterocycles. The van der Waals surface area contributed by atoms with Gasteiger partial charge < -0.3 is 15.8 Å². The van der Waals surface area contributed by atoms with Crippen molar-refractivity contribution in [2.24, 2.45) is 0 Å². The number of carbonyl (C=O) groups is 1. The van der Waals surface area contributed by atoms with Crippen molar-refractivity contribution < 1.29 is 9.53 Å². The molecule has 2 aromatic carbocycles. The molecule has 0 saturated carbocycles. The normalized spacial score (nSPS) is 10.2. The number of rotatable bonds is 3. The number of hydrogen-bond acceptors (Lipinski definition) is 3. The van der Waals surface area contributed by atoms with Gasteiger partial charge in [0.15, 0.2) is 0 Å². The summed E-state index contributed by atoms with van der Waals surface area (Å²) < 4.78 is 6.08. The number of halogens is 1. The van der Waals surface area contributed by atoms with E-state index in [0.29, 0.717) is 17.0 Å². The molecule has 0 atom stereocenters. The van der Waals surface area contributed by atoms with E-state index in [-0.39, 0.29) is 5.91 Å². The zero-order chi connectivity index (χ0) is 14.7. The topological polar surface area (TPSA) is 64.3 Å². The van der Waals surface area contributed by atoms with Gasteiger partial charge in [-0.25, -0.2) is 0 Å². The van der Waals surface area contributed by atoms with E-state index in [9.17, 15) is 4.79 Å². The maximum atomic E-state index is 12.3. The Morgan fingerprint density at radius 2 is 2.05 bits per heavy atom. The molecule has 1 amide bonds. The number of ether oxygens (including phenoxy) is 1. The molecule has 0 aliphatic rings. The molecule has 20 heavy (non-hydrogen) atoms. The fourth-order valence-electron chi connectivity index (χ4n) is 1.88. The van der Waals surface area contributed by atoms with Crippen LogP contribution in [-0.4, -0.2) is 13.0 Å². The van der Waals surface area contributed by atoms with Gasteiger partial charge >= 0.3 is 0 Å². The molecule has 3 N–H and O–H groups in total. The van der Waals surface area contributed by atoms with Crippen molar-refractivity contribution in [3.63, 3.8) is 0 Å². The summed E-state index contributed by atoms with van der Waals surface area (Å²) in [5.74, 6) is 0.233. The first-order valence-electron chi connectivity index (χ1n) is 6.03. The minimum Gasteiger partial charge on any atom is -0.495 e. The van der Waals surface area contributed by atoms with Crippen LogP contribution >= 0.6 is 15.9 Å². The van der Waals surface area contributed by atoms with Crippen LogP contribution in [0.25, 0.3) is 0 Å². The number of nitrogens with one attached hydrogen (secondary N) is 1. The third-order valence-corrected chi connectivity index (χ3v) is 3.46. The van der Waals surface area contributed by atoms with Crippen LogP contribution in [0.4, 0.5) is 11.4 Å². The highest BCUT2D eigenvalue weighted by Crippen LogP contribution is 2.26. The molecule has 0 radical (unpaired) electrons. The highest BCUT2D eigenvalue weighted by Gasteiger charge is 2.13. The predicted octanol–water partition coefficient (Wildman–Crippen LogP) is 3.60. The average Bonchev–Trinajstić information content (AvgIpc) is 2.42. The van der Waals surface area contributed by atoms with Crippen molar-refractivity contribution in [3.8, 4) is 5.75 Å². The molecule has 0 bridgehead atoms. The number of carbonyl (C=O) groups excluding carboxylic acids is 1. The van der Waals surface area contributed by atoms with Crippen molar-refractivity contribution in [1.82, 2.24) is 0 Å². The molecule has 5 heteroatoms. The summed E-state index contributed by atoms with van der Waals surface area (Å²) in [5.41, 5.74) is 8.36. The van der Waals surface area contributed by atoms with Gasteiger partial charge in [-0.1, -0.05) is 22.0 Å². The monoisotopic (exact) mass is 334 g/mol. The Bertz CT molecular complexity index is 656. The minimum absolute atomic E-state index is 0.258. The van der Waals surface area contributed by atoms with Crippen LogP contribution < -0.4 is 15.8 Å². The first-order chi connectivity index (χ1) is 9.52. The van der Waals surface area contributed by atoms with E-state index >= 15 is 0 Å². The SMILES string of the molecule is COc1cccc(C(=O)Nc2ccc(Br)cc2C)c1N. The maximum absolute atomic E-state index is 12.3. The lowest BCUT2D eigenvalue weighted by Gasteiger charge is -2.12. The van der Waals surface area contributed by atoms with Crippen molar-refractivity contribution in [2.75, 3.05) is 18.2 Å². The fourth-order valence-corrected chi connectivity index (χ4v) is 2.35. The molecule has 0 aliphatic carbocycles. The second kappa shape index (κ2) is 5.96. The summed E-state index contributed by atoms with van der Waals surface area (Å²) in [7, 11) is 1.52. The third kappa shape index (κ3) is 2.93. The van der Waals surface area contributed by atoms with Gasteiger partial charge in [-0.3, -0.25) is 4.79 Å². The summed E-state index contributed by atoms with van der Waals surface area (Å²) in [5, 5.41) is 2.85. The first-order valence-corrected chi connectivity index (χ1v) is 6.82. The quantitative estimate of drug-likeness (QED) is 0.843. The second-order valence-corrected chi connectivity index (χ2v) is 5.25. The largest absolute Gasteiger partial charge is 0.495 e. The van der Waals surface area contributed by atoms with Crippen LogP contribution in [0.3, 0.4) is 0 Å². The molecule has 4 nitrogen and oxygen atoms in total. The summed E-state index contributed by atoms with van der Waals surface area (Å²) in [6.45, 7) is 1.93. The lowest BCUT2D eigenvalue weighted by molar-refractivity contribution is 0.102. The van der Waals surface area contributed by atoms with E-state index in [1.807, 2.05) is 25.1 Å². The molecule has 0 fully saturated rings. The van der Waals surface area contributed by atoms with Crippen molar-refractivity contribution >= 4 is 33.2 Å². The summed E-state index contributed by atoms with van der Waals surface area (Å²) in [6, 6.07) is 10.8. The van der Waals surface area contributed by atoms with Crippen LogP contribution in [0, 0.1) is 6.92 Å². The molecule has 0 saturated heterocycles. The van der Waals surface area contributed by atoms with Crippen LogP contribution in [0.2, 0.25) is 0 Å². The zero-order valence-corrected chi connectivity index (χ0v) is 12.8. The van der Waals surface area contributed by atoms with Gasteiger partial charge in [0.2, 0.25) is 0 Å². The summed E-state index contributed by atoms with van der Waals surface area (Å²) in [4.78, 5) is 12.3. The summed E-state index contributed by atoms with van der Waals surface area (Å²) in [6.07, 6.45) is 0. The van der Waals surface area contributed by atoms with Gasteiger partial charge in [0.05, 0.1) is 18.4 Å². The van der Waals surface area contributed by atoms with Crippen molar-refractivity contribution in [2.45, 2.75) is 6.92 Å². The van der Waals surface area contributed by atoms with E-state index in [1.54, 1.807) is 18.2 Å². The predicted molar refractivity (Wildman–Crippen MR) is 84.2 cm³/mol. The van der Waals surface area contributed by atoms with Gasteiger partial charge in [-0.05, 0) is 42.8 Å². The third-order valence-electron chi connectivity index (χ3n) is 2.97. The van der Waals surface area contributed by atoms with E-state index in [2.05, 4.69) is 21.2 Å². The Hall–Kier alpha value is -2.01. The Labute approximate surface area is 126 Å². The number of amides is 1. The van der Waals surface area contributed by atoms with Crippen molar-refractivity contribution in [3.05, 3.63) is 52.0 Å². The highest BCUT2D eigenvalue weighted by molar-refractivity contribution is 9.10. The number of benzene rings is 2. The highest BCUT2D eigenvalue weighted by atomic mass is 79.9. The molecular weight excluding hydrogens is 320 g/mol. The Kier molecular flexibility index (Phi) is 4.29. The molecule has 0 spiro atoms. The Morgan fingerprint density at radius 1 is 1.30 bits per heavy atom. The van der Waals surface area contributed by atoms with E-state index < -0.39 is 0 Å². The lowest BCUT2D eigenvalue weighted by Crippen LogP contribution is -2.15. The van der Waals surface area contributed by atoms with E-state index in [0.717, 1.165) is 15.7 Å². The molecule has 0 aromatic heterocycles. The smallest absolute Gasteiger partial charge is 0.257 e. The van der Waals surface area contributed by atoms with Crippen LogP contribution in [-0.2, 0) is 0 Å². The van der Waals surface area contributed by atoms with Crippen LogP contribution in [0.15, 0.2) is 40.9 Å². The van der Waals surface area contributed by atoms with Crippen LogP contribution in [0.5, 0.6) is 5.75 Å². The number of anilines is 2. The second-order valence-electron chi connectivity index (χ2n) is 4.33. The molecule has 2 aromatic rings. The number of nitrogen functional groups attached to an aromatic ring is 1. The van der Waals surface area contributed by atoms with Gasteiger partial charge in [0, 0.05) is 10.2 Å². The van der Waals surface area contributed by atoms with Crippen molar-refractivity contribution in [1.29, 1.82) is 0 Å². The van der Waals surface area contributed by atoms with Gasteiger partial charge in [-0.15, -0.1) is 0 Å². The van der Waals surface area contributed by atoms with Gasteiger partial charge in [0.1, 0.15) is 5.75 Å². The number of methoxy groups -OCH3 is 1. The minimum atomic E-state index is -0.258. The zero-order valence-electron chi connectivity index (χ0n) is 11.2. The maximum Gasteiger partial charge on any atom is 0.257 e. The number of para-hydroxylation sites is 1. The van der Waals surface area contributed by atoms with E-state index in [4.69, 9.17) is 10.5 Å². The fraction of sp³-hybridized carbons (Fsp3) is 0.133. The lowest BCUT2D eigenvalue weighted by atomic mass is 10.1. The summed E-state index contributed by atoms with van der Waals surface area (Å²) >= 11 is 3.39. The standard InChI is InChI=1S/C15H15BrN2O2/c1-9-8-10(16)6-7-12(9)18-15(19)11-4-3-5-13(20-2)14(11)17/h3-8H,17H2,1-2H3,(H,18,19). The molecule has 0 heterocycles. The molecular formula is C15H15BrN2O2. The average molecular weight is 335 g/mol. The number of aryl methyl sites for hydroxylation is 1. The first kappa shape index (κ1) is 14.4. The molecule has 0 unspecified atom stereocenters.